The Hall–Kier alpha value is -2.18. The van der Waals surface area contributed by atoms with Crippen LogP contribution in [0.25, 0.3) is 0 Å². The second kappa shape index (κ2) is 6.29. The minimum Gasteiger partial charge on any atom is -0.341 e. The van der Waals surface area contributed by atoms with E-state index in [4.69, 9.17) is 0 Å². The number of nitrogens with zero attached hydrogens (tertiary/aromatic N) is 4. The van der Waals surface area contributed by atoms with Crippen LogP contribution < -0.4 is 5.56 Å². The van der Waals surface area contributed by atoms with Crippen molar-refractivity contribution in [1.29, 1.82) is 0 Å². The Morgan fingerprint density at radius 1 is 0.955 bits per heavy atom. The number of hydrogen-bond donors (Lipinski definition) is 0. The molecule has 22 heavy (non-hydrogen) atoms. The molecule has 0 unspecified atom stereocenters. The minimum atomic E-state index is -0.356. The fourth-order valence-electron chi connectivity index (χ4n) is 2.95. The molecule has 0 radical (unpaired) electrons. The first kappa shape index (κ1) is 14.7. The predicted octanol–water partition coefficient (Wildman–Crippen LogP) is 0.102. The molecule has 2 saturated heterocycles. The predicted molar refractivity (Wildman–Crippen MR) is 79.4 cm³/mol. The highest BCUT2D eigenvalue weighted by Crippen LogP contribution is 2.11. The molecule has 1 aromatic heterocycles. The molecule has 0 N–H and O–H groups in total. The molecule has 7 heteroatoms. The fourth-order valence-corrected chi connectivity index (χ4v) is 2.95. The molecular weight excluding hydrogens is 284 g/mol. The smallest absolute Gasteiger partial charge is 0.274 e. The van der Waals surface area contributed by atoms with Crippen molar-refractivity contribution in [1.82, 2.24) is 19.6 Å². The zero-order valence-corrected chi connectivity index (χ0v) is 12.5. The average molecular weight is 304 g/mol. The minimum absolute atomic E-state index is 0.0973. The highest BCUT2D eigenvalue weighted by Gasteiger charge is 2.23. The number of amides is 2. The highest BCUT2D eigenvalue weighted by molar-refractivity contribution is 5.92. The van der Waals surface area contributed by atoms with E-state index in [0.717, 1.165) is 56.5 Å². The van der Waals surface area contributed by atoms with Crippen molar-refractivity contribution in [3.05, 3.63) is 28.2 Å². The number of likely N-dealkylation sites (tertiary alicyclic amines) is 2. The van der Waals surface area contributed by atoms with Gasteiger partial charge in [0.2, 0.25) is 5.91 Å². The molecule has 2 fully saturated rings. The summed E-state index contributed by atoms with van der Waals surface area (Å²) in [5.74, 6) is -0.280. The van der Waals surface area contributed by atoms with Gasteiger partial charge in [-0.25, -0.2) is 4.68 Å². The lowest BCUT2D eigenvalue weighted by molar-refractivity contribution is -0.131. The van der Waals surface area contributed by atoms with E-state index in [-0.39, 0.29) is 29.6 Å². The number of aromatic nitrogens is 2. The van der Waals surface area contributed by atoms with E-state index >= 15 is 0 Å². The van der Waals surface area contributed by atoms with Crippen LogP contribution in [-0.4, -0.2) is 57.6 Å². The molecule has 2 amide bonds. The summed E-state index contributed by atoms with van der Waals surface area (Å²) in [5.41, 5.74) is -0.124. The zero-order valence-electron chi connectivity index (χ0n) is 12.5. The summed E-state index contributed by atoms with van der Waals surface area (Å²) in [7, 11) is 0. The Labute approximate surface area is 128 Å². The summed E-state index contributed by atoms with van der Waals surface area (Å²) >= 11 is 0. The summed E-state index contributed by atoms with van der Waals surface area (Å²) in [6.07, 6.45) is 4.00. The van der Waals surface area contributed by atoms with Gasteiger partial charge < -0.3 is 9.80 Å². The molecule has 7 nitrogen and oxygen atoms in total. The van der Waals surface area contributed by atoms with Gasteiger partial charge in [0.25, 0.3) is 11.5 Å². The van der Waals surface area contributed by atoms with Crippen LogP contribution in [0.15, 0.2) is 16.9 Å². The zero-order chi connectivity index (χ0) is 15.5. The van der Waals surface area contributed by atoms with Crippen molar-refractivity contribution in [3.8, 4) is 0 Å². The van der Waals surface area contributed by atoms with E-state index in [0.29, 0.717) is 0 Å². The molecule has 3 rings (SSSR count). The lowest BCUT2D eigenvalue weighted by Gasteiger charge is -2.17. The SMILES string of the molecule is O=C(Cn1nc(C(=O)N2CCCC2)ccc1=O)N1CCCC1. The van der Waals surface area contributed by atoms with Crippen LogP contribution in [0.2, 0.25) is 0 Å². The van der Waals surface area contributed by atoms with Gasteiger partial charge in [-0.05, 0) is 31.7 Å². The van der Waals surface area contributed by atoms with Crippen molar-refractivity contribution in [2.75, 3.05) is 26.2 Å². The summed E-state index contributed by atoms with van der Waals surface area (Å²) in [6.45, 7) is 2.83. The van der Waals surface area contributed by atoms with E-state index in [1.807, 2.05) is 0 Å². The van der Waals surface area contributed by atoms with E-state index in [1.165, 1.54) is 12.1 Å². The van der Waals surface area contributed by atoms with Crippen molar-refractivity contribution in [3.63, 3.8) is 0 Å². The van der Waals surface area contributed by atoms with Crippen molar-refractivity contribution >= 4 is 11.8 Å². The Balaban J connectivity index is 1.76. The van der Waals surface area contributed by atoms with E-state index in [2.05, 4.69) is 5.10 Å². The highest BCUT2D eigenvalue weighted by atomic mass is 16.2. The molecule has 118 valence electrons. The van der Waals surface area contributed by atoms with Gasteiger partial charge in [-0.3, -0.25) is 14.4 Å². The third kappa shape index (κ3) is 3.03. The molecule has 2 aliphatic heterocycles. The molecule has 0 saturated carbocycles. The molecule has 0 aliphatic carbocycles. The summed E-state index contributed by atoms with van der Waals surface area (Å²) < 4.78 is 1.10. The number of carbonyl (C=O) groups is 2. The van der Waals surface area contributed by atoms with E-state index in [1.54, 1.807) is 9.80 Å². The largest absolute Gasteiger partial charge is 0.341 e. The monoisotopic (exact) mass is 304 g/mol. The van der Waals surface area contributed by atoms with Gasteiger partial charge in [0.15, 0.2) is 0 Å². The van der Waals surface area contributed by atoms with Crippen LogP contribution in [-0.2, 0) is 11.3 Å². The summed E-state index contributed by atoms with van der Waals surface area (Å²) in [5, 5.41) is 4.09. The number of rotatable bonds is 3. The first-order chi connectivity index (χ1) is 10.6. The van der Waals surface area contributed by atoms with Crippen LogP contribution in [0.1, 0.15) is 36.2 Å². The van der Waals surface area contributed by atoms with Gasteiger partial charge in [-0.1, -0.05) is 0 Å². The fraction of sp³-hybridized carbons (Fsp3) is 0.600. The third-order valence-corrected chi connectivity index (χ3v) is 4.22. The van der Waals surface area contributed by atoms with Gasteiger partial charge in [0.1, 0.15) is 12.2 Å². The molecular formula is C15H20N4O3. The molecule has 0 bridgehead atoms. The Morgan fingerprint density at radius 2 is 1.55 bits per heavy atom. The maximum Gasteiger partial charge on any atom is 0.274 e. The summed E-state index contributed by atoms with van der Waals surface area (Å²) in [4.78, 5) is 39.8. The first-order valence-electron chi connectivity index (χ1n) is 7.80. The number of hydrogen-bond acceptors (Lipinski definition) is 4. The standard InChI is InChI=1S/C15H20N4O3/c20-13-6-5-12(15(22)18-9-3-4-10-18)16-19(13)11-14(21)17-7-1-2-8-17/h5-6H,1-4,7-11H2. The Bertz CT molecular complexity index is 628. The van der Waals surface area contributed by atoms with Gasteiger partial charge in [-0.2, -0.15) is 5.10 Å². The molecule has 3 heterocycles. The van der Waals surface area contributed by atoms with Crippen LogP contribution in [0.3, 0.4) is 0 Å². The Kier molecular flexibility index (Phi) is 4.22. The average Bonchev–Trinajstić information content (AvgIpc) is 3.22. The lowest BCUT2D eigenvalue weighted by atomic mass is 10.3. The van der Waals surface area contributed by atoms with E-state index in [9.17, 15) is 14.4 Å². The Morgan fingerprint density at radius 3 is 2.18 bits per heavy atom. The van der Waals surface area contributed by atoms with Gasteiger partial charge in [-0.15, -0.1) is 0 Å². The van der Waals surface area contributed by atoms with Crippen molar-refractivity contribution < 1.29 is 9.59 Å². The van der Waals surface area contributed by atoms with Crippen molar-refractivity contribution in [2.24, 2.45) is 0 Å². The van der Waals surface area contributed by atoms with Crippen LogP contribution >= 0.6 is 0 Å². The summed E-state index contributed by atoms with van der Waals surface area (Å²) in [6, 6.07) is 2.76. The second-order valence-corrected chi connectivity index (χ2v) is 5.80. The number of carbonyl (C=O) groups excluding carboxylic acids is 2. The van der Waals surface area contributed by atoms with Crippen molar-refractivity contribution in [2.45, 2.75) is 32.2 Å². The maximum absolute atomic E-state index is 12.3. The van der Waals surface area contributed by atoms with Gasteiger partial charge >= 0.3 is 0 Å². The van der Waals surface area contributed by atoms with Crippen LogP contribution in [0, 0.1) is 0 Å². The molecule has 0 atom stereocenters. The second-order valence-electron chi connectivity index (χ2n) is 5.80. The molecule has 1 aromatic rings. The van der Waals surface area contributed by atoms with Crippen LogP contribution in [0.4, 0.5) is 0 Å². The maximum atomic E-state index is 12.3. The topological polar surface area (TPSA) is 75.5 Å². The first-order valence-corrected chi connectivity index (χ1v) is 7.80. The van der Waals surface area contributed by atoms with Crippen LogP contribution in [0.5, 0.6) is 0 Å². The third-order valence-electron chi connectivity index (χ3n) is 4.22. The molecule has 0 aromatic carbocycles. The van der Waals surface area contributed by atoms with Gasteiger partial charge in [0.05, 0.1) is 0 Å². The van der Waals surface area contributed by atoms with Gasteiger partial charge in [0, 0.05) is 32.2 Å². The molecule has 2 aliphatic rings. The normalized spacial score (nSPS) is 18.0. The quantitative estimate of drug-likeness (QED) is 0.794. The van der Waals surface area contributed by atoms with E-state index < -0.39 is 0 Å². The lowest BCUT2D eigenvalue weighted by Crippen LogP contribution is -2.37. The molecule has 0 spiro atoms.